The van der Waals surface area contributed by atoms with Gasteiger partial charge in [0.1, 0.15) is 0 Å². The molecule has 1 aromatic carbocycles. The first-order valence-electron chi connectivity index (χ1n) is 4.33. The van der Waals surface area contributed by atoms with E-state index in [1.165, 1.54) is 6.20 Å². The summed E-state index contributed by atoms with van der Waals surface area (Å²) in [5.74, 6) is 0. The van der Waals surface area contributed by atoms with Crippen LogP contribution in [0.5, 0.6) is 0 Å². The van der Waals surface area contributed by atoms with Crippen molar-refractivity contribution < 1.29 is 4.79 Å². The zero-order valence-electron chi connectivity index (χ0n) is 7.92. The van der Waals surface area contributed by atoms with Gasteiger partial charge in [0.05, 0.1) is 21.1 Å². The summed E-state index contributed by atoms with van der Waals surface area (Å²) in [5, 5.41) is 1.69. The average Bonchev–Trinajstić information content (AvgIpc) is 2.23. The van der Waals surface area contributed by atoms with Crippen LogP contribution in [0.3, 0.4) is 0 Å². The van der Waals surface area contributed by atoms with E-state index in [2.05, 4.69) is 4.98 Å². The number of hydrogen-bond acceptors (Lipinski definition) is 2. The van der Waals surface area contributed by atoms with Crippen LogP contribution in [-0.4, -0.2) is 11.3 Å². The second-order valence-electron chi connectivity index (χ2n) is 3.23. The standard InChI is InChI=1S/C11H7Cl2NO/c1-6-2-3-8(12)11-9(6)10(13)7(5-15)4-14-11/h2-5H,1H3. The number of nitrogens with zero attached hydrogens (tertiary/aromatic N) is 1. The van der Waals surface area contributed by atoms with Gasteiger partial charge in [0.15, 0.2) is 6.29 Å². The van der Waals surface area contributed by atoms with Crippen LogP contribution < -0.4 is 0 Å². The summed E-state index contributed by atoms with van der Waals surface area (Å²) in [6.07, 6.45) is 2.12. The van der Waals surface area contributed by atoms with Crippen LogP contribution in [-0.2, 0) is 0 Å². The van der Waals surface area contributed by atoms with Crippen LogP contribution in [0, 0.1) is 6.92 Å². The van der Waals surface area contributed by atoms with E-state index in [9.17, 15) is 4.79 Å². The Bertz CT molecular complexity index is 552. The predicted octanol–water partition coefficient (Wildman–Crippen LogP) is 3.66. The lowest BCUT2D eigenvalue weighted by molar-refractivity contribution is 0.112. The minimum absolute atomic E-state index is 0.384. The highest BCUT2D eigenvalue weighted by molar-refractivity contribution is 6.40. The van der Waals surface area contributed by atoms with Gasteiger partial charge in [0, 0.05) is 11.6 Å². The zero-order chi connectivity index (χ0) is 11.0. The Balaban J connectivity index is 2.98. The molecule has 1 heterocycles. The molecule has 0 fully saturated rings. The number of pyridine rings is 1. The topological polar surface area (TPSA) is 30.0 Å². The third-order valence-corrected chi connectivity index (χ3v) is 2.98. The van der Waals surface area contributed by atoms with E-state index in [-0.39, 0.29) is 0 Å². The minimum atomic E-state index is 0.384. The molecule has 0 unspecified atom stereocenters. The molecule has 0 N–H and O–H groups in total. The van der Waals surface area contributed by atoms with Crippen LogP contribution in [0.15, 0.2) is 18.3 Å². The largest absolute Gasteiger partial charge is 0.298 e. The highest BCUT2D eigenvalue weighted by atomic mass is 35.5. The van der Waals surface area contributed by atoms with Gasteiger partial charge in [-0.1, -0.05) is 29.3 Å². The van der Waals surface area contributed by atoms with Gasteiger partial charge < -0.3 is 0 Å². The van der Waals surface area contributed by atoms with Gasteiger partial charge in [-0.25, -0.2) is 0 Å². The van der Waals surface area contributed by atoms with Gasteiger partial charge in [-0.15, -0.1) is 0 Å². The number of aryl methyl sites for hydroxylation is 1. The van der Waals surface area contributed by atoms with Crippen molar-refractivity contribution in [3.05, 3.63) is 39.5 Å². The molecule has 4 heteroatoms. The number of hydrogen-bond donors (Lipinski definition) is 0. The monoisotopic (exact) mass is 239 g/mol. The van der Waals surface area contributed by atoms with E-state index in [0.29, 0.717) is 27.4 Å². The highest BCUT2D eigenvalue weighted by Crippen LogP contribution is 2.31. The van der Waals surface area contributed by atoms with Gasteiger partial charge in [0.2, 0.25) is 0 Å². The molecule has 0 aliphatic heterocycles. The SMILES string of the molecule is Cc1ccc(Cl)c2ncc(C=O)c(Cl)c12. The number of benzene rings is 1. The first-order valence-corrected chi connectivity index (χ1v) is 5.09. The van der Waals surface area contributed by atoms with Gasteiger partial charge in [-0.2, -0.15) is 0 Å². The van der Waals surface area contributed by atoms with Crippen LogP contribution in [0.2, 0.25) is 10.0 Å². The van der Waals surface area contributed by atoms with Crippen molar-refractivity contribution in [3.8, 4) is 0 Å². The fourth-order valence-electron chi connectivity index (χ4n) is 1.49. The molecular weight excluding hydrogens is 233 g/mol. The molecule has 0 bridgehead atoms. The highest BCUT2D eigenvalue weighted by Gasteiger charge is 2.10. The maximum absolute atomic E-state index is 10.7. The lowest BCUT2D eigenvalue weighted by Crippen LogP contribution is -1.90. The minimum Gasteiger partial charge on any atom is -0.298 e. The number of carbonyl (C=O) groups is 1. The molecule has 0 saturated heterocycles. The smallest absolute Gasteiger partial charge is 0.153 e. The maximum atomic E-state index is 10.7. The molecule has 0 aliphatic carbocycles. The molecular formula is C11H7Cl2NO. The first-order chi connectivity index (χ1) is 7.15. The summed E-state index contributed by atoms with van der Waals surface area (Å²) in [6.45, 7) is 1.90. The number of fused-ring (bicyclic) bond motifs is 1. The molecule has 0 saturated carbocycles. The van der Waals surface area contributed by atoms with E-state index in [0.717, 1.165) is 10.9 Å². The van der Waals surface area contributed by atoms with Gasteiger partial charge in [-0.05, 0) is 18.6 Å². The van der Waals surface area contributed by atoms with Crippen molar-refractivity contribution in [3.63, 3.8) is 0 Å². The van der Waals surface area contributed by atoms with Crippen molar-refractivity contribution >= 4 is 40.4 Å². The molecule has 2 nitrogen and oxygen atoms in total. The molecule has 1 aromatic heterocycles. The van der Waals surface area contributed by atoms with Gasteiger partial charge in [0.25, 0.3) is 0 Å². The summed E-state index contributed by atoms with van der Waals surface area (Å²) in [7, 11) is 0. The van der Waals surface area contributed by atoms with Crippen molar-refractivity contribution in [1.82, 2.24) is 4.98 Å². The Hall–Kier alpha value is -1.12. The lowest BCUT2D eigenvalue weighted by Gasteiger charge is -2.06. The summed E-state index contributed by atoms with van der Waals surface area (Å²) in [6, 6.07) is 3.62. The van der Waals surface area contributed by atoms with Crippen molar-refractivity contribution in [2.24, 2.45) is 0 Å². The van der Waals surface area contributed by atoms with E-state index < -0.39 is 0 Å². The molecule has 2 rings (SSSR count). The Morgan fingerprint density at radius 1 is 1.33 bits per heavy atom. The predicted molar refractivity (Wildman–Crippen MR) is 61.9 cm³/mol. The van der Waals surface area contributed by atoms with Crippen LogP contribution in [0.25, 0.3) is 10.9 Å². The molecule has 0 amide bonds. The Labute approximate surface area is 96.8 Å². The molecule has 15 heavy (non-hydrogen) atoms. The second-order valence-corrected chi connectivity index (χ2v) is 4.02. The maximum Gasteiger partial charge on any atom is 0.153 e. The van der Waals surface area contributed by atoms with Crippen LogP contribution in [0.4, 0.5) is 0 Å². The summed E-state index contributed by atoms with van der Waals surface area (Å²) < 4.78 is 0. The van der Waals surface area contributed by atoms with Gasteiger partial charge >= 0.3 is 0 Å². The van der Waals surface area contributed by atoms with E-state index >= 15 is 0 Å². The quantitative estimate of drug-likeness (QED) is 0.712. The van der Waals surface area contributed by atoms with E-state index in [1.54, 1.807) is 6.07 Å². The van der Waals surface area contributed by atoms with Crippen LogP contribution >= 0.6 is 23.2 Å². The van der Waals surface area contributed by atoms with Crippen LogP contribution in [0.1, 0.15) is 15.9 Å². The van der Waals surface area contributed by atoms with Gasteiger partial charge in [-0.3, -0.25) is 9.78 Å². The number of rotatable bonds is 1. The molecule has 0 aliphatic rings. The Morgan fingerprint density at radius 2 is 2.07 bits per heavy atom. The number of aromatic nitrogens is 1. The number of halogens is 2. The third-order valence-electron chi connectivity index (χ3n) is 2.27. The Morgan fingerprint density at radius 3 is 2.73 bits per heavy atom. The van der Waals surface area contributed by atoms with Crippen molar-refractivity contribution in [2.75, 3.05) is 0 Å². The fourth-order valence-corrected chi connectivity index (χ4v) is 2.03. The lowest BCUT2D eigenvalue weighted by atomic mass is 10.1. The fraction of sp³-hybridized carbons (Fsp3) is 0.0909. The molecule has 2 aromatic rings. The average molecular weight is 240 g/mol. The van der Waals surface area contributed by atoms with Crippen molar-refractivity contribution in [2.45, 2.75) is 6.92 Å². The summed E-state index contributed by atoms with van der Waals surface area (Å²) in [5.41, 5.74) is 1.97. The van der Waals surface area contributed by atoms with E-state index in [4.69, 9.17) is 23.2 Å². The second kappa shape index (κ2) is 3.80. The normalized spacial score (nSPS) is 10.6. The molecule has 0 spiro atoms. The number of carbonyl (C=O) groups excluding carboxylic acids is 1. The Kier molecular flexibility index (Phi) is 2.63. The molecule has 0 atom stereocenters. The third kappa shape index (κ3) is 1.60. The first kappa shape index (κ1) is 10.4. The van der Waals surface area contributed by atoms with Crippen molar-refractivity contribution in [1.29, 1.82) is 0 Å². The molecule has 76 valence electrons. The van der Waals surface area contributed by atoms with E-state index in [1.807, 2.05) is 13.0 Å². The summed E-state index contributed by atoms with van der Waals surface area (Å²) in [4.78, 5) is 14.8. The zero-order valence-corrected chi connectivity index (χ0v) is 9.43. The summed E-state index contributed by atoms with van der Waals surface area (Å²) >= 11 is 12.1. The number of aldehydes is 1. The molecule has 0 radical (unpaired) electrons.